The summed E-state index contributed by atoms with van der Waals surface area (Å²) >= 11 is 0. The van der Waals surface area contributed by atoms with Gasteiger partial charge in [0.1, 0.15) is 11.7 Å². The maximum absolute atomic E-state index is 12.6. The number of nitrogens with zero attached hydrogens (tertiary/aromatic N) is 3. The lowest BCUT2D eigenvalue weighted by molar-refractivity contribution is 0.0807. The zero-order chi connectivity index (χ0) is 13.2. The summed E-state index contributed by atoms with van der Waals surface area (Å²) in [5.74, 6) is 0.169. The summed E-state index contributed by atoms with van der Waals surface area (Å²) in [4.78, 5) is 16.8. The number of aromatic nitrogens is 2. The van der Waals surface area contributed by atoms with Gasteiger partial charge in [-0.2, -0.15) is 5.26 Å². The van der Waals surface area contributed by atoms with Gasteiger partial charge in [0, 0.05) is 23.7 Å². The van der Waals surface area contributed by atoms with E-state index in [1.165, 1.54) is 6.42 Å². The number of nitriles is 1. The molecule has 0 unspecified atom stereocenters. The van der Waals surface area contributed by atoms with E-state index in [1.54, 1.807) is 23.0 Å². The number of hydrogen-bond acceptors (Lipinski definition) is 3. The molecule has 2 aromatic rings. The molecule has 96 valence electrons. The third-order valence-electron chi connectivity index (χ3n) is 3.88. The van der Waals surface area contributed by atoms with Crippen molar-refractivity contribution >= 4 is 16.9 Å². The summed E-state index contributed by atoms with van der Waals surface area (Å²) in [6.07, 6.45) is 8.66. The Hall–Kier alpha value is -2.15. The second kappa shape index (κ2) is 4.85. The Morgan fingerprint density at radius 1 is 1.37 bits per heavy atom. The molecule has 4 nitrogen and oxygen atoms in total. The summed E-state index contributed by atoms with van der Waals surface area (Å²) in [5, 5.41) is 9.90. The first kappa shape index (κ1) is 11.9. The van der Waals surface area contributed by atoms with E-state index in [9.17, 15) is 4.79 Å². The lowest BCUT2D eigenvalue weighted by Gasteiger charge is -2.20. The van der Waals surface area contributed by atoms with Gasteiger partial charge in [-0.15, -0.1) is 0 Å². The maximum Gasteiger partial charge on any atom is 0.235 e. The van der Waals surface area contributed by atoms with E-state index in [0.717, 1.165) is 31.1 Å². The quantitative estimate of drug-likeness (QED) is 0.784. The number of fused-ring (bicyclic) bond motifs is 1. The Bertz CT molecular complexity index is 660. The van der Waals surface area contributed by atoms with Crippen LogP contribution >= 0.6 is 0 Å². The lowest BCUT2D eigenvalue weighted by atomic mass is 9.88. The summed E-state index contributed by atoms with van der Waals surface area (Å²) in [5.41, 5.74) is 1.13. The van der Waals surface area contributed by atoms with Crippen molar-refractivity contribution in [1.82, 2.24) is 9.55 Å². The standard InChI is InChI=1S/C15H15N3O/c16-9-12-10-18(14-13(12)7-4-8-17-14)15(19)11-5-2-1-3-6-11/h4,7-8,10-11H,1-3,5-6H2. The molecule has 1 saturated carbocycles. The first-order valence-corrected chi connectivity index (χ1v) is 6.71. The number of carbonyl (C=O) groups excluding carboxylic acids is 1. The van der Waals surface area contributed by atoms with Gasteiger partial charge in [0.15, 0.2) is 0 Å². The summed E-state index contributed by atoms with van der Waals surface area (Å²) < 4.78 is 1.57. The van der Waals surface area contributed by atoms with Crippen LogP contribution in [0.3, 0.4) is 0 Å². The fourth-order valence-corrected chi connectivity index (χ4v) is 2.86. The minimum absolute atomic E-state index is 0.0814. The van der Waals surface area contributed by atoms with Crippen molar-refractivity contribution in [3.05, 3.63) is 30.1 Å². The second-order valence-electron chi connectivity index (χ2n) is 5.07. The molecule has 3 rings (SSSR count). The molecular weight excluding hydrogens is 238 g/mol. The molecule has 0 amide bonds. The molecular formula is C15H15N3O. The van der Waals surface area contributed by atoms with E-state index in [1.807, 2.05) is 6.07 Å². The van der Waals surface area contributed by atoms with Crippen molar-refractivity contribution in [3.63, 3.8) is 0 Å². The number of hydrogen-bond donors (Lipinski definition) is 0. The Kier molecular flexibility index (Phi) is 3.04. The highest BCUT2D eigenvalue weighted by atomic mass is 16.2. The SMILES string of the molecule is N#Cc1cn(C(=O)C2CCCCC2)c2ncccc12. The summed E-state index contributed by atoms with van der Waals surface area (Å²) in [7, 11) is 0. The first-order valence-electron chi connectivity index (χ1n) is 6.71. The Morgan fingerprint density at radius 3 is 2.89 bits per heavy atom. The van der Waals surface area contributed by atoms with Crippen LogP contribution in [0.1, 0.15) is 42.5 Å². The molecule has 1 aliphatic rings. The van der Waals surface area contributed by atoms with Gasteiger partial charge in [-0.1, -0.05) is 19.3 Å². The van der Waals surface area contributed by atoms with Gasteiger partial charge in [-0.25, -0.2) is 4.98 Å². The fraction of sp³-hybridized carbons (Fsp3) is 0.400. The van der Waals surface area contributed by atoms with E-state index in [0.29, 0.717) is 11.2 Å². The Morgan fingerprint density at radius 2 is 2.16 bits per heavy atom. The Balaban J connectivity index is 2.05. The predicted molar refractivity (Wildman–Crippen MR) is 71.6 cm³/mol. The van der Waals surface area contributed by atoms with Crippen LogP contribution in [0.2, 0.25) is 0 Å². The first-order chi connectivity index (χ1) is 9.31. The van der Waals surface area contributed by atoms with Crippen LogP contribution in [0.15, 0.2) is 24.5 Å². The van der Waals surface area contributed by atoms with Gasteiger partial charge in [0.25, 0.3) is 0 Å². The van der Waals surface area contributed by atoms with E-state index in [4.69, 9.17) is 5.26 Å². The monoisotopic (exact) mass is 253 g/mol. The zero-order valence-electron chi connectivity index (χ0n) is 10.7. The van der Waals surface area contributed by atoms with Gasteiger partial charge in [-0.3, -0.25) is 9.36 Å². The van der Waals surface area contributed by atoms with E-state index in [2.05, 4.69) is 11.1 Å². The van der Waals surface area contributed by atoms with E-state index < -0.39 is 0 Å². The van der Waals surface area contributed by atoms with Crippen molar-refractivity contribution in [2.75, 3.05) is 0 Å². The Labute approximate surface area is 111 Å². The van der Waals surface area contributed by atoms with Crippen molar-refractivity contribution in [1.29, 1.82) is 5.26 Å². The molecule has 1 aliphatic carbocycles. The fourth-order valence-electron chi connectivity index (χ4n) is 2.86. The molecule has 0 spiro atoms. The van der Waals surface area contributed by atoms with Gasteiger partial charge < -0.3 is 0 Å². The molecule has 2 aromatic heterocycles. The molecule has 4 heteroatoms. The zero-order valence-corrected chi connectivity index (χ0v) is 10.7. The van der Waals surface area contributed by atoms with Crippen molar-refractivity contribution < 1.29 is 4.79 Å². The molecule has 0 atom stereocenters. The van der Waals surface area contributed by atoms with Crippen LogP contribution < -0.4 is 0 Å². The van der Waals surface area contributed by atoms with Crippen LogP contribution in [0.4, 0.5) is 0 Å². The van der Waals surface area contributed by atoms with Crippen LogP contribution in [-0.2, 0) is 0 Å². The molecule has 2 heterocycles. The third-order valence-corrected chi connectivity index (χ3v) is 3.88. The van der Waals surface area contributed by atoms with Gasteiger partial charge in [-0.05, 0) is 25.0 Å². The molecule has 0 bridgehead atoms. The molecule has 1 fully saturated rings. The topological polar surface area (TPSA) is 58.7 Å². The molecule has 0 radical (unpaired) electrons. The van der Waals surface area contributed by atoms with Crippen molar-refractivity contribution in [2.45, 2.75) is 32.1 Å². The number of pyridine rings is 1. The second-order valence-corrected chi connectivity index (χ2v) is 5.07. The predicted octanol–water partition coefficient (Wildman–Crippen LogP) is 3.13. The van der Waals surface area contributed by atoms with Gasteiger partial charge in [0.05, 0.1) is 5.56 Å². The maximum atomic E-state index is 12.6. The smallest absolute Gasteiger partial charge is 0.235 e. The molecule has 0 N–H and O–H groups in total. The van der Waals surface area contributed by atoms with Crippen molar-refractivity contribution in [3.8, 4) is 6.07 Å². The normalized spacial score (nSPS) is 16.4. The van der Waals surface area contributed by atoms with Crippen LogP contribution in [0.5, 0.6) is 0 Å². The van der Waals surface area contributed by atoms with Gasteiger partial charge >= 0.3 is 0 Å². The average molecular weight is 253 g/mol. The van der Waals surface area contributed by atoms with E-state index in [-0.39, 0.29) is 11.8 Å². The van der Waals surface area contributed by atoms with Crippen LogP contribution in [0, 0.1) is 17.2 Å². The lowest BCUT2D eigenvalue weighted by Crippen LogP contribution is -2.23. The van der Waals surface area contributed by atoms with Crippen LogP contribution in [0.25, 0.3) is 11.0 Å². The minimum atomic E-state index is 0.0814. The largest absolute Gasteiger partial charge is 0.274 e. The van der Waals surface area contributed by atoms with E-state index >= 15 is 0 Å². The third kappa shape index (κ3) is 2.01. The molecule has 0 aliphatic heterocycles. The highest BCUT2D eigenvalue weighted by Crippen LogP contribution is 2.27. The highest BCUT2D eigenvalue weighted by molar-refractivity contribution is 5.94. The summed E-state index contributed by atoms with van der Waals surface area (Å²) in [6, 6.07) is 5.76. The summed E-state index contributed by atoms with van der Waals surface area (Å²) in [6.45, 7) is 0. The molecule has 0 saturated heterocycles. The number of rotatable bonds is 1. The number of carbonyl (C=O) groups is 1. The van der Waals surface area contributed by atoms with Crippen molar-refractivity contribution in [2.24, 2.45) is 5.92 Å². The van der Waals surface area contributed by atoms with Gasteiger partial charge in [0.2, 0.25) is 5.91 Å². The average Bonchev–Trinajstić information content (AvgIpc) is 2.86. The minimum Gasteiger partial charge on any atom is -0.274 e. The highest BCUT2D eigenvalue weighted by Gasteiger charge is 2.24. The van der Waals surface area contributed by atoms with Crippen LogP contribution in [-0.4, -0.2) is 15.5 Å². The molecule has 0 aromatic carbocycles. The molecule has 19 heavy (non-hydrogen) atoms.